The second-order valence-electron chi connectivity index (χ2n) is 5.83. The highest BCUT2D eigenvalue weighted by Crippen LogP contribution is 2.23. The summed E-state index contributed by atoms with van der Waals surface area (Å²) in [6, 6.07) is 16.0. The summed E-state index contributed by atoms with van der Waals surface area (Å²) in [6.07, 6.45) is 5.43. The smallest absolute Gasteiger partial charge is 0.257 e. The highest BCUT2D eigenvalue weighted by Gasteiger charge is 2.20. The van der Waals surface area contributed by atoms with Crippen molar-refractivity contribution in [3.05, 3.63) is 83.8 Å². The van der Waals surface area contributed by atoms with Gasteiger partial charge in [-0.05, 0) is 24.6 Å². The number of nitrogens with zero attached hydrogens (tertiary/aromatic N) is 2. The van der Waals surface area contributed by atoms with E-state index in [-0.39, 0.29) is 11.7 Å². The normalized spacial score (nSPS) is 11.0. The first kappa shape index (κ1) is 17.6. The summed E-state index contributed by atoms with van der Waals surface area (Å²) in [6.45, 7) is 2.97. The number of rotatable bonds is 6. The van der Waals surface area contributed by atoms with Crippen LogP contribution in [0.3, 0.4) is 0 Å². The summed E-state index contributed by atoms with van der Waals surface area (Å²) >= 11 is 0. The van der Waals surface area contributed by atoms with Gasteiger partial charge in [-0.15, -0.1) is 0 Å². The minimum absolute atomic E-state index is 0.141. The quantitative estimate of drug-likeness (QED) is 0.717. The lowest BCUT2D eigenvalue weighted by Crippen LogP contribution is -2.31. The van der Waals surface area contributed by atoms with Crippen molar-refractivity contribution in [2.24, 2.45) is 0 Å². The predicted molar refractivity (Wildman–Crippen MR) is 101 cm³/mol. The van der Waals surface area contributed by atoms with Crippen LogP contribution in [-0.4, -0.2) is 34.1 Å². The van der Waals surface area contributed by atoms with E-state index < -0.39 is 0 Å². The van der Waals surface area contributed by atoms with E-state index in [4.69, 9.17) is 0 Å². The van der Waals surface area contributed by atoms with Crippen LogP contribution in [0.15, 0.2) is 66.9 Å². The molecule has 0 bridgehead atoms. The van der Waals surface area contributed by atoms with Gasteiger partial charge in [0.15, 0.2) is 0 Å². The molecule has 0 fully saturated rings. The highest BCUT2D eigenvalue weighted by atomic mass is 19.1. The largest absolute Gasteiger partial charge is 0.335 e. The van der Waals surface area contributed by atoms with Crippen molar-refractivity contribution in [1.82, 2.24) is 15.1 Å². The van der Waals surface area contributed by atoms with Crippen molar-refractivity contribution in [2.75, 3.05) is 13.1 Å². The standard InChI is InChI=1S/C21H20FN3O/c1-2-25(13-7-10-16-8-4-3-5-9-16)21(26)19-15-23-24-20(19)17-11-6-12-18(22)14-17/h3-12,14-15H,2,13H2,1H3,(H,23,24)/b10-7+. The lowest BCUT2D eigenvalue weighted by atomic mass is 10.1. The molecule has 4 nitrogen and oxygen atoms in total. The topological polar surface area (TPSA) is 49.0 Å². The van der Waals surface area contributed by atoms with Crippen LogP contribution in [0.2, 0.25) is 0 Å². The van der Waals surface area contributed by atoms with Gasteiger partial charge in [-0.2, -0.15) is 5.10 Å². The van der Waals surface area contributed by atoms with Gasteiger partial charge in [0.2, 0.25) is 0 Å². The second kappa shape index (κ2) is 8.25. The van der Waals surface area contributed by atoms with Crippen molar-refractivity contribution in [3.63, 3.8) is 0 Å². The number of benzene rings is 2. The molecule has 0 aliphatic heterocycles. The monoisotopic (exact) mass is 349 g/mol. The SMILES string of the molecule is CCN(C/C=C/c1ccccc1)C(=O)c1cn[nH]c1-c1cccc(F)c1. The van der Waals surface area contributed by atoms with E-state index >= 15 is 0 Å². The van der Waals surface area contributed by atoms with Crippen LogP contribution in [0, 0.1) is 5.82 Å². The molecule has 0 saturated heterocycles. The van der Waals surface area contributed by atoms with E-state index in [2.05, 4.69) is 10.2 Å². The Morgan fingerprint density at radius 3 is 2.73 bits per heavy atom. The minimum atomic E-state index is -0.353. The summed E-state index contributed by atoms with van der Waals surface area (Å²) < 4.78 is 13.5. The third-order valence-electron chi connectivity index (χ3n) is 4.09. The Morgan fingerprint density at radius 1 is 1.19 bits per heavy atom. The van der Waals surface area contributed by atoms with E-state index in [1.165, 1.54) is 18.3 Å². The molecule has 0 atom stereocenters. The van der Waals surface area contributed by atoms with Crippen LogP contribution < -0.4 is 0 Å². The molecule has 1 amide bonds. The van der Waals surface area contributed by atoms with Gasteiger partial charge >= 0.3 is 0 Å². The molecular formula is C21H20FN3O. The van der Waals surface area contributed by atoms with Crippen molar-refractivity contribution in [3.8, 4) is 11.3 Å². The van der Waals surface area contributed by atoms with Crippen molar-refractivity contribution >= 4 is 12.0 Å². The summed E-state index contributed by atoms with van der Waals surface area (Å²) in [5.74, 6) is -0.494. The third kappa shape index (κ3) is 4.06. The Bertz CT molecular complexity index is 902. The molecule has 132 valence electrons. The van der Waals surface area contributed by atoms with Gasteiger partial charge < -0.3 is 4.90 Å². The van der Waals surface area contributed by atoms with Gasteiger partial charge in [0.1, 0.15) is 5.82 Å². The molecule has 0 aliphatic carbocycles. The first-order valence-electron chi connectivity index (χ1n) is 8.49. The van der Waals surface area contributed by atoms with Crippen LogP contribution in [0.5, 0.6) is 0 Å². The van der Waals surface area contributed by atoms with Gasteiger partial charge in [-0.1, -0.05) is 54.6 Å². The van der Waals surface area contributed by atoms with E-state index in [1.807, 2.05) is 49.4 Å². The van der Waals surface area contributed by atoms with E-state index in [0.717, 1.165) is 5.56 Å². The average Bonchev–Trinajstić information content (AvgIpc) is 3.15. The van der Waals surface area contributed by atoms with E-state index in [1.54, 1.807) is 17.0 Å². The molecule has 5 heteroatoms. The van der Waals surface area contributed by atoms with Crippen LogP contribution in [0.4, 0.5) is 4.39 Å². The van der Waals surface area contributed by atoms with Crippen LogP contribution in [0.25, 0.3) is 17.3 Å². The van der Waals surface area contributed by atoms with Crippen LogP contribution >= 0.6 is 0 Å². The first-order valence-corrected chi connectivity index (χ1v) is 8.49. The maximum absolute atomic E-state index is 13.5. The van der Waals surface area contributed by atoms with Crippen molar-refractivity contribution < 1.29 is 9.18 Å². The molecule has 26 heavy (non-hydrogen) atoms. The highest BCUT2D eigenvalue weighted by molar-refractivity contribution is 5.99. The minimum Gasteiger partial charge on any atom is -0.335 e. The Morgan fingerprint density at radius 2 is 2.00 bits per heavy atom. The predicted octanol–water partition coefficient (Wildman–Crippen LogP) is 4.39. The fraction of sp³-hybridized carbons (Fsp3) is 0.143. The number of nitrogens with one attached hydrogen (secondary N) is 1. The number of hydrogen-bond acceptors (Lipinski definition) is 2. The number of aromatic amines is 1. The van der Waals surface area contributed by atoms with Crippen molar-refractivity contribution in [1.29, 1.82) is 0 Å². The molecule has 2 aromatic carbocycles. The molecule has 3 rings (SSSR count). The van der Waals surface area contributed by atoms with Crippen LogP contribution in [0.1, 0.15) is 22.8 Å². The zero-order chi connectivity index (χ0) is 18.4. The average molecular weight is 349 g/mol. The number of carbonyl (C=O) groups is 1. The number of H-pyrrole nitrogens is 1. The number of carbonyl (C=O) groups excluding carboxylic acids is 1. The molecule has 1 aromatic heterocycles. The fourth-order valence-corrected chi connectivity index (χ4v) is 2.72. The molecule has 0 spiro atoms. The Labute approximate surface area is 152 Å². The first-order chi connectivity index (χ1) is 12.7. The zero-order valence-electron chi connectivity index (χ0n) is 14.5. The zero-order valence-corrected chi connectivity index (χ0v) is 14.5. The van der Waals surface area contributed by atoms with Gasteiger partial charge in [0.25, 0.3) is 5.91 Å². The number of aromatic nitrogens is 2. The Balaban J connectivity index is 1.77. The number of likely N-dealkylation sites (N-methyl/N-ethyl adjacent to an activating group) is 1. The lowest BCUT2D eigenvalue weighted by Gasteiger charge is -2.19. The maximum Gasteiger partial charge on any atom is 0.257 e. The molecule has 0 radical (unpaired) electrons. The summed E-state index contributed by atoms with van der Waals surface area (Å²) in [7, 11) is 0. The fourth-order valence-electron chi connectivity index (χ4n) is 2.72. The molecule has 1 heterocycles. The molecule has 0 unspecified atom stereocenters. The third-order valence-corrected chi connectivity index (χ3v) is 4.09. The molecular weight excluding hydrogens is 329 g/mol. The van der Waals surface area contributed by atoms with E-state index in [0.29, 0.717) is 29.9 Å². The lowest BCUT2D eigenvalue weighted by molar-refractivity contribution is 0.0783. The molecule has 1 N–H and O–H groups in total. The summed E-state index contributed by atoms with van der Waals surface area (Å²) in [5.41, 5.74) is 2.65. The number of amides is 1. The summed E-state index contributed by atoms with van der Waals surface area (Å²) in [4.78, 5) is 14.6. The molecule has 0 aliphatic rings. The molecule has 3 aromatic rings. The van der Waals surface area contributed by atoms with E-state index in [9.17, 15) is 9.18 Å². The Hall–Kier alpha value is -3.21. The summed E-state index contributed by atoms with van der Waals surface area (Å²) in [5, 5.41) is 6.79. The van der Waals surface area contributed by atoms with Gasteiger partial charge in [0, 0.05) is 18.7 Å². The molecule has 0 saturated carbocycles. The van der Waals surface area contributed by atoms with Crippen LogP contribution in [-0.2, 0) is 0 Å². The number of halogens is 1. The Kier molecular flexibility index (Phi) is 5.59. The van der Waals surface area contributed by atoms with Gasteiger partial charge in [-0.3, -0.25) is 9.89 Å². The maximum atomic E-state index is 13.5. The second-order valence-corrected chi connectivity index (χ2v) is 5.83. The van der Waals surface area contributed by atoms with Crippen molar-refractivity contribution in [2.45, 2.75) is 6.92 Å². The van der Waals surface area contributed by atoms with Gasteiger partial charge in [0.05, 0.1) is 17.5 Å². The number of hydrogen-bond donors (Lipinski definition) is 1. The van der Waals surface area contributed by atoms with Gasteiger partial charge in [-0.25, -0.2) is 4.39 Å².